The van der Waals surface area contributed by atoms with Crippen LogP contribution >= 0.6 is 0 Å². The van der Waals surface area contributed by atoms with E-state index in [4.69, 9.17) is 0 Å². The molecule has 0 amide bonds. The number of ketones is 1. The molecule has 2 atom stereocenters. The van der Waals surface area contributed by atoms with Gasteiger partial charge >= 0.3 is 0 Å². The fourth-order valence-electron chi connectivity index (χ4n) is 4.49. The van der Waals surface area contributed by atoms with Crippen molar-refractivity contribution < 1.29 is 4.79 Å². The number of benzene rings is 2. The third-order valence-corrected chi connectivity index (χ3v) is 5.62. The zero-order valence-electron chi connectivity index (χ0n) is 13.5. The molecule has 1 saturated heterocycles. The van der Waals surface area contributed by atoms with Crippen LogP contribution < -0.4 is 0 Å². The first-order valence-corrected chi connectivity index (χ1v) is 8.73. The summed E-state index contributed by atoms with van der Waals surface area (Å²) in [6.07, 6.45) is 2.46. The number of carbonyl (C=O) groups is 1. The van der Waals surface area contributed by atoms with E-state index in [9.17, 15) is 4.79 Å². The molecular formula is C21H20N2O. The van der Waals surface area contributed by atoms with E-state index in [0.29, 0.717) is 18.2 Å². The van der Waals surface area contributed by atoms with E-state index in [1.807, 2.05) is 6.07 Å². The van der Waals surface area contributed by atoms with Gasteiger partial charge in [0.2, 0.25) is 0 Å². The Bertz CT molecular complexity index is 912. The Morgan fingerprint density at radius 1 is 1.00 bits per heavy atom. The van der Waals surface area contributed by atoms with Gasteiger partial charge < -0.3 is 4.98 Å². The summed E-state index contributed by atoms with van der Waals surface area (Å²) in [5, 5.41) is 1.29. The molecule has 24 heavy (non-hydrogen) atoms. The standard InChI is InChI=1S/C21H20N2O/c24-20-11-10-18-21-16(15-8-4-5-9-17(15)22-21)12-19(20)23(18)13-14-6-2-1-3-7-14/h1-9,18-19,22H,10-13H2/t18-,19-/m1/s1. The zero-order chi connectivity index (χ0) is 16.1. The van der Waals surface area contributed by atoms with Gasteiger partial charge in [-0.2, -0.15) is 0 Å². The highest BCUT2D eigenvalue weighted by Gasteiger charge is 2.43. The minimum atomic E-state index is 0.0238. The molecule has 0 radical (unpaired) electrons. The summed E-state index contributed by atoms with van der Waals surface area (Å²) in [6.45, 7) is 0.844. The molecule has 3 nitrogen and oxygen atoms in total. The summed E-state index contributed by atoms with van der Waals surface area (Å²) in [7, 11) is 0. The number of nitrogens with one attached hydrogen (secondary N) is 1. The first-order valence-electron chi connectivity index (χ1n) is 8.73. The molecule has 2 aromatic carbocycles. The van der Waals surface area contributed by atoms with Crippen molar-refractivity contribution in [3.63, 3.8) is 0 Å². The molecule has 3 heteroatoms. The Morgan fingerprint density at radius 3 is 2.67 bits per heavy atom. The van der Waals surface area contributed by atoms with Crippen LogP contribution in [0.5, 0.6) is 0 Å². The van der Waals surface area contributed by atoms with E-state index in [2.05, 4.69) is 58.4 Å². The van der Waals surface area contributed by atoms with Gasteiger partial charge in [-0.3, -0.25) is 9.69 Å². The van der Waals surface area contributed by atoms with Crippen LogP contribution in [-0.2, 0) is 17.8 Å². The third kappa shape index (κ3) is 2.05. The van der Waals surface area contributed by atoms with Crippen molar-refractivity contribution in [1.29, 1.82) is 0 Å². The number of carbonyl (C=O) groups excluding carboxylic acids is 1. The Hall–Kier alpha value is -2.39. The monoisotopic (exact) mass is 316 g/mol. The maximum atomic E-state index is 12.6. The lowest BCUT2D eigenvalue weighted by atomic mass is 9.81. The predicted molar refractivity (Wildman–Crippen MR) is 94.8 cm³/mol. The highest BCUT2D eigenvalue weighted by Crippen LogP contribution is 2.43. The number of nitrogens with zero attached hydrogens (tertiary/aromatic N) is 1. The fourth-order valence-corrected chi connectivity index (χ4v) is 4.49. The lowest BCUT2D eigenvalue weighted by molar-refractivity contribution is -0.130. The predicted octanol–water partition coefficient (Wildman–Crippen LogP) is 4.00. The van der Waals surface area contributed by atoms with Crippen molar-refractivity contribution in [2.45, 2.75) is 37.9 Å². The summed E-state index contributed by atoms with van der Waals surface area (Å²) < 4.78 is 0. The summed E-state index contributed by atoms with van der Waals surface area (Å²) in [4.78, 5) is 18.7. The highest BCUT2D eigenvalue weighted by atomic mass is 16.1. The topological polar surface area (TPSA) is 36.1 Å². The molecule has 0 aliphatic carbocycles. The van der Waals surface area contributed by atoms with Crippen molar-refractivity contribution in [3.8, 4) is 0 Å². The second kappa shape index (κ2) is 5.32. The van der Waals surface area contributed by atoms with Gasteiger partial charge in [-0.05, 0) is 30.0 Å². The average molecular weight is 316 g/mol. The number of rotatable bonds is 2. The van der Waals surface area contributed by atoms with Crippen molar-refractivity contribution in [2.75, 3.05) is 0 Å². The van der Waals surface area contributed by atoms with Gasteiger partial charge in [0.15, 0.2) is 0 Å². The van der Waals surface area contributed by atoms with Gasteiger partial charge in [0.1, 0.15) is 5.78 Å². The van der Waals surface area contributed by atoms with E-state index in [1.54, 1.807) is 0 Å². The van der Waals surface area contributed by atoms with E-state index >= 15 is 0 Å². The Kier molecular flexibility index (Phi) is 3.10. The van der Waals surface area contributed by atoms with Gasteiger partial charge in [-0.1, -0.05) is 48.5 Å². The number of hydrogen-bond acceptors (Lipinski definition) is 2. The van der Waals surface area contributed by atoms with Crippen molar-refractivity contribution in [3.05, 3.63) is 71.4 Å². The summed E-state index contributed by atoms with van der Waals surface area (Å²) in [5.74, 6) is 0.401. The van der Waals surface area contributed by atoms with Crippen LogP contribution in [0.3, 0.4) is 0 Å². The van der Waals surface area contributed by atoms with Crippen LogP contribution in [0.1, 0.15) is 35.7 Å². The van der Waals surface area contributed by atoms with Gasteiger partial charge in [0, 0.05) is 29.6 Å². The van der Waals surface area contributed by atoms with Crippen molar-refractivity contribution in [1.82, 2.24) is 9.88 Å². The molecule has 2 bridgehead atoms. The lowest BCUT2D eigenvalue weighted by Gasteiger charge is -2.45. The zero-order valence-corrected chi connectivity index (χ0v) is 13.5. The van der Waals surface area contributed by atoms with E-state index in [1.165, 1.54) is 27.7 Å². The quantitative estimate of drug-likeness (QED) is 0.776. The number of para-hydroxylation sites is 1. The molecule has 2 aliphatic heterocycles. The van der Waals surface area contributed by atoms with E-state index in [0.717, 1.165) is 19.4 Å². The minimum absolute atomic E-state index is 0.0238. The number of fused-ring (bicyclic) bond motifs is 6. The molecule has 2 aliphatic rings. The Balaban J connectivity index is 1.61. The first-order chi connectivity index (χ1) is 11.8. The molecule has 0 spiro atoms. The molecule has 0 saturated carbocycles. The maximum absolute atomic E-state index is 12.6. The van der Waals surface area contributed by atoms with Crippen LogP contribution in [-0.4, -0.2) is 21.7 Å². The lowest BCUT2D eigenvalue weighted by Crippen LogP contribution is -2.51. The summed E-state index contributed by atoms with van der Waals surface area (Å²) in [5.41, 5.74) is 5.16. The molecule has 5 rings (SSSR count). The van der Waals surface area contributed by atoms with Gasteiger partial charge in [0.25, 0.3) is 0 Å². The second-order valence-corrected chi connectivity index (χ2v) is 6.96. The third-order valence-electron chi connectivity index (χ3n) is 5.62. The molecule has 3 aromatic rings. The number of Topliss-reactive ketones (excluding diaryl/α,β-unsaturated/α-hetero) is 1. The van der Waals surface area contributed by atoms with E-state index in [-0.39, 0.29) is 6.04 Å². The first kappa shape index (κ1) is 14.0. The normalized spacial score (nSPS) is 23.4. The average Bonchev–Trinajstić information content (AvgIpc) is 2.98. The smallest absolute Gasteiger partial charge is 0.150 e. The van der Waals surface area contributed by atoms with Gasteiger partial charge in [-0.25, -0.2) is 0 Å². The number of H-pyrrole nitrogens is 1. The van der Waals surface area contributed by atoms with Gasteiger partial charge in [0.05, 0.1) is 12.1 Å². The van der Waals surface area contributed by atoms with Crippen LogP contribution in [0, 0.1) is 0 Å². The van der Waals surface area contributed by atoms with Crippen LogP contribution in [0.25, 0.3) is 10.9 Å². The minimum Gasteiger partial charge on any atom is -0.357 e. The second-order valence-electron chi connectivity index (χ2n) is 6.96. The summed E-state index contributed by atoms with van der Waals surface area (Å²) in [6, 6.07) is 19.3. The van der Waals surface area contributed by atoms with Crippen LogP contribution in [0.2, 0.25) is 0 Å². The molecule has 0 unspecified atom stereocenters. The number of aromatic amines is 1. The van der Waals surface area contributed by atoms with Crippen LogP contribution in [0.4, 0.5) is 0 Å². The SMILES string of the molecule is O=C1CC[C@@H]2c3[nH]c4ccccc4c3C[C@H]1N2Cc1ccccc1. The van der Waals surface area contributed by atoms with Crippen LogP contribution in [0.15, 0.2) is 54.6 Å². The highest BCUT2D eigenvalue weighted by molar-refractivity contribution is 5.90. The fraction of sp³-hybridized carbons (Fsp3) is 0.286. The Labute approximate surface area is 141 Å². The number of aromatic nitrogens is 1. The molecule has 3 heterocycles. The summed E-state index contributed by atoms with van der Waals surface area (Å²) >= 11 is 0. The number of piperidine rings is 1. The number of hydrogen-bond donors (Lipinski definition) is 1. The molecule has 1 aromatic heterocycles. The molecule has 1 N–H and O–H groups in total. The van der Waals surface area contributed by atoms with Crippen molar-refractivity contribution >= 4 is 16.7 Å². The largest absolute Gasteiger partial charge is 0.357 e. The Morgan fingerprint density at radius 2 is 1.79 bits per heavy atom. The molecule has 120 valence electrons. The maximum Gasteiger partial charge on any atom is 0.150 e. The molecule has 1 fully saturated rings. The van der Waals surface area contributed by atoms with E-state index < -0.39 is 0 Å². The molecular weight excluding hydrogens is 296 g/mol. The van der Waals surface area contributed by atoms with Gasteiger partial charge in [-0.15, -0.1) is 0 Å². The van der Waals surface area contributed by atoms with Crippen molar-refractivity contribution in [2.24, 2.45) is 0 Å².